The molecular formula is C19H25ClN4S. The zero-order valence-corrected chi connectivity index (χ0v) is 16.7. The maximum absolute atomic E-state index is 4.79. The average Bonchev–Trinajstić information content (AvgIpc) is 3.13. The largest absolute Gasteiger partial charge is 0.355 e. The second-order valence-electron chi connectivity index (χ2n) is 6.72. The number of aryl methyl sites for hydroxylation is 2. The summed E-state index contributed by atoms with van der Waals surface area (Å²) in [6.07, 6.45) is 7.86. The molecule has 0 spiro atoms. The van der Waals surface area contributed by atoms with Gasteiger partial charge in [-0.05, 0) is 51.7 Å². The number of rotatable bonds is 3. The number of nitrogens with zero attached hydrogens (tertiary/aromatic N) is 4. The summed E-state index contributed by atoms with van der Waals surface area (Å²) in [5, 5.41) is 2.47. The van der Waals surface area contributed by atoms with Crippen molar-refractivity contribution in [2.24, 2.45) is 0 Å². The van der Waals surface area contributed by atoms with Crippen LogP contribution in [0.3, 0.4) is 0 Å². The minimum atomic E-state index is 0. The van der Waals surface area contributed by atoms with E-state index >= 15 is 0 Å². The van der Waals surface area contributed by atoms with Crippen LogP contribution in [0.15, 0.2) is 18.5 Å². The van der Waals surface area contributed by atoms with Crippen LogP contribution >= 0.6 is 23.7 Å². The van der Waals surface area contributed by atoms with E-state index in [0.717, 1.165) is 30.5 Å². The predicted molar refractivity (Wildman–Crippen MR) is 108 cm³/mol. The number of hydrogen-bond acceptors (Lipinski definition) is 4. The first-order chi connectivity index (χ1) is 11.6. The highest BCUT2D eigenvalue weighted by molar-refractivity contribution is 7.11. The van der Waals surface area contributed by atoms with Crippen LogP contribution in [0.25, 0.3) is 10.9 Å². The molecule has 1 fully saturated rings. The van der Waals surface area contributed by atoms with Gasteiger partial charge in [0, 0.05) is 41.4 Å². The van der Waals surface area contributed by atoms with Crippen LogP contribution in [0.1, 0.15) is 40.4 Å². The smallest absolute Gasteiger partial charge is 0.153 e. The van der Waals surface area contributed by atoms with Crippen molar-refractivity contribution in [2.45, 2.75) is 46.6 Å². The summed E-state index contributed by atoms with van der Waals surface area (Å²) in [6, 6.07) is 2.17. The number of thiazole rings is 1. The van der Waals surface area contributed by atoms with Crippen molar-refractivity contribution in [3.8, 4) is 0 Å². The summed E-state index contributed by atoms with van der Waals surface area (Å²) in [5.41, 5.74) is 4.00. The Kier molecular flexibility index (Phi) is 5.35. The Morgan fingerprint density at radius 3 is 2.52 bits per heavy atom. The summed E-state index contributed by atoms with van der Waals surface area (Å²) < 4.78 is 2.44. The second kappa shape index (κ2) is 7.34. The van der Waals surface area contributed by atoms with Crippen LogP contribution in [0.2, 0.25) is 0 Å². The zero-order chi connectivity index (χ0) is 16.7. The van der Waals surface area contributed by atoms with E-state index in [9.17, 15) is 0 Å². The van der Waals surface area contributed by atoms with E-state index in [1.807, 2.05) is 12.4 Å². The van der Waals surface area contributed by atoms with Gasteiger partial charge in [-0.2, -0.15) is 0 Å². The van der Waals surface area contributed by atoms with Crippen molar-refractivity contribution in [1.29, 1.82) is 0 Å². The minimum absolute atomic E-state index is 0. The molecule has 0 saturated carbocycles. The molecule has 1 aliphatic heterocycles. The molecule has 0 aliphatic carbocycles. The molecule has 1 saturated heterocycles. The number of pyridine rings is 1. The molecule has 134 valence electrons. The van der Waals surface area contributed by atoms with Gasteiger partial charge >= 0.3 is 0 Å². The van der Waals surface area contributed by atoms with Gasteiger partial charge in [0.1, 0.15) is 0 Å². The van der Waals surface area contributed by atoms with E-state index in [-0.39, 0.29) is 12.4 Å². The molecular weight excluding hydrogens is 352 g/mol. The molecule has 25 heavy (non-hydrogen) atoms. The number of anilines is 1. The van der Waals surface area contributed by atoms with Gasteiger partial charge in [-0.1, -0.05) is 0 Å². The standard InChI is InChI=1S/C19H24N4S.ClH/c1-13-14(2)23(12-16-11-21-15(3)24-16)18-17(13)7-8-20-19(18)22-9-5-4-6-10-22;/h7-8,11H,4-6,9-10,12H2,1-3H3;1H. The van der Waals surface area contributed by atoms with Crippen molar-refractivity contribution >= 4 is 40.5 Å². The summed E-state index contributed by atoms with van der Waals surface area (Å²) in [4.78, 5) is 13.0. The summed E-state index contributed by atoms with van der Waals surface area (Å²) >= 11 is 1.78. The van der Waals surface area contributed by atoms with Gasteiger partial charge in [0.25, 0.3) is 0 Å². The fourth-order valence-corrected chi connectivity index (χ4v) is 4.53. The Bertz CT molecular complexity index is 877. The molecule has 0 N–H and O–H groups in total. The van der Waals surface area contributed by atoms with Crippen LogP contribution in [0, 0.1) is 20.8 Å². The Balaban J connectivity index is 0.00000182. The fourth-order valence-electron chi connectivity index (χ4n) is 3.75. The second-order valence-corrected chi connectivity index (χ2v) is 8.04. The predicted octanol–water partition coefficient (Wildman–Crippen LogP) is 4.88. The first kappa shape index (κ1) is 18.2. The first-order valence-corrected chi connectivity index (χ1v) is 9.57. The van der Waals surface area contributed by atoms with E-state index in [4.69, 9.17) is 4.98 Å². The minimum Gasteiger partial charge on any atom is -0.355 e. The van der Waals surface area contributed by atoms with E-state index in [2.05, 4.69) is 41.3 Å². The van der Waals surface area contributed by atoms with Gasteiger partial charge in [0.15, 0.2) is 5.82 Å². The highest BCUT2D eigenvalue weighted by atomic mass is 35.5. The molecule has 3 aromatic heterocycles. The van der Waals surface area contributed by atoms with Crippen LogP contribution in [0.5, 0.6) is 0 Å². The highest BCUT2D eigenvalue weighted by Gasteiger charge is 2.21. The van der Waals surface area contributed by atoms with Crippen molar-refractivity contribution in [1.82, 2.24) is 14.5 Å². The molecule has 3 aromatic rings. The average molecular weight is 377 g/mol. The third-order valence-electron chi connectivity index (χ3n) is 5.17. The third-order valence-corrected chi connectivity index (χ3v) is 6.06. The van der Waals surface area contributed by atoms with Gasteiger partial charge in [0.2, 0.25) is 0 Å². The van der Waals surface area contributed by atoms with Gasteiger partial charge in [-0.25, -0.2) is 9.97 Å². The lowest BCUT2D eigenvalue weighted by molar-refractivity contribution is 0.574. The Labute approximate surface area is 159 Å². The topological polar surface area (TPSA) is 34.0 Å². The quantitative estimate of drug-likeness (QED) is 0.653. The molecule has 0 radical (unpaired) electrons. The Hall–Kier alpha value is -1.59. The van der Waals surface area contributed by atoms with E-state index in [1.165, 1.54) is 46.3 Å². The molecule has 0 amide bonds. The number of halogens is 1. The molecule has 1 aliphatic rings. The Morgan fingerprint density at radius 2 is 1.84 bits per heavy atom. The van der Waals surface area contributed by atoms with E-state index in [0.29, 0.717) is 0 Å². The molecule has 6 heteroatoms. The lowest BCUT2D eigenvalue weighted by Gasteiger charge is -2.28. The molecule has 0 atom stereocenters. The zero-order valence-electron chi connectivity index (χ0n) is 15.1. The molecule has 4 nitrogen and oxygen atoms in total. The lowest BCUT2D eigenvalue weighted by atomic mass is 10.1. The molecule has 0 aromatic carbocycles. The van der Waals surface area contributed by atoms with Gasteiger partial charge < -0.3 is 9.47 Å². The van der Waals surface area contributed by atoms with Crippen molar-refractivity contribution < 1.29 is 0 Å². The van der Waals surface area contributed by atoms with Crippen molar-refractivity contribution in [2.75, 3.05) is 18.0 Å². The van der Waals surface area contributed by atoms with Crippen molar-refractivity contribution in [3.63, 3.8) is 0 Å². The summed E-state index contributed by atoms with van der Waals surface area (Å²) in [7, 11) is 0. The number of fused-ring (bicyclic) bond motifs is 1. The molecule has 0 bridgehead atoms. The van der Waals surface area contributed by atoms with Crippen molar-refractivity contribution in [3.05, 3.63) is 39.6 Å². The van der Waals surface area contributed by atoms with Crippen LogP contribution < -0.4 is 4.90 Å². The van der Waals surface area contributed by atoms with Gasteiger partial charge in [0.05, 0.1) is 17.1 Å². The molecule has 4 rings (SSSR count). The maximum atomic E-state index is 4.79. The van der Waals surface area contributed by atoms with E-state index in [1.54, 1.807) is 11.3 Å². The maximum Gasteiger partial charge on any atom is 0.153 e. The lowest BCUT2D eigenvalue weighted by Crippen LogP contribution is -2.30. The monoisotopic (exact) mass is 376 g/mol. The Morgan fingerprint density at radius 1 is 1.08 bits per heavy atom. The summed E-state index contributed by atoms with van der Waals surface area (Å²) in [6.45, 7) is 9.65. The van der Waals surface area contributed by atoms with Gasteiger partial charge in [-0.15, -0.1) is 23.7 Å². The van der Waals surface area contributed by atoms with Crippen LogP contribution in [0.4, 0.5) is 5.82 Å². The SMILES string of the molecule is Cc1ncc(Cn2c(C)c(C)c3ccnc(N4CCCCC4)c32)s1.Cl. The first-order valence-electron chi connectivity index (χ1n) is 8.76. The fraction of sp³-hybridized carbons (Fsp3) is 0.474. The van der Waals surface area contributed by atoms with E-state index < -0.39 is 0 Å². The third kappa shape index (κ3) is 3.27. The number of piperidine rings is 1. The number of aromatic nitrogens is 3. The highest BCUT2D eigenvalue weighted by Crippen LogP contribution is 2.33. The van der Waals surface area contributed by atoms with Crippen LogP contribution in [-0.2, 0) is 6.54 Å². The summed E-state index contributed by atoms with van der Waals surface area (Å²) in [5.74, 6) is 1.16. The molecule has 0 unspecified atom stereocenters. The van der Waals surface area contributed by atoms with Crippen LogP contribution in [-0.4, -0.2) is 27.6 Å². The number of hydrogen-bond donors (Lipinski definition) is 0. The normalized spacial score (nSPS) is 14.8. The molecule has 4 heterocycles. The van der Waals surface area contributed by atoms with Gasteiger partial charge in [-0.3, -0.25) is 0 Å².